The summed E-state index contributed by atoms with van der Waals surface area (Å²) in [6.45, 7) is 8.83. The molecule has 0 aliphatic heterocycles. The van der Waals surface area contributed by atoms with Gasteiger partial charge in [0, 0.05) is 33.4 Å². The van der Waals surface area contributed by atoms with E-state index in [1.165, 1.54) is 11.1 Å². The van der Waals surface area contributed by atoms with Crippen LogP contribution in [0.2, 0.25) is 0 Å². The highest BCUT2D eigenvalue weighted by molar-refractivity contribution is 14.0. The third-order valence-corrected chi connectivity index (χ3v) is 4.77. The molecule has 0 bridgehead atoms. The van der Waals surface area contributed by atoms with Crippen molar-refractivity contribution in [2.75, 3.05) is 40.0 Å². The lowest BCUT2D eigenvalue weighted by Crippen LogP contribution is -2.37. The summed E-state index contributed by atoms with van der Waals surface area (Å²) in [5.74, 6) is 0.787. The largest absolute Gasteiger partial charge is 0.379 e. The Balaban J connectivity index is 0.00000512. The third kappa shape index (κ3) is 11.8. The fourth-order valence-corrected chi connectivity index (χ4v) is 3.05. The number of nitrogens with one attached hydrogen (secondary N) is 2. The summed E-state index contributed by atoms with van der Waals surface area (Å²) in [5.41, 5.74) is 3.55. The average Bonchev–Trinajstić information content (AvgIpc) is 2.81. The Morgan fingerprint density at radius 2 is 1.69 bits per heavy atom. The number of halogens is 1. The Labute approximate surface area is 210 Å². The molecule has 0 saturated carbocycles. The zero-order valence-corrected chi connectivity index (χ0v) is 21.8. The molecule has 32 heavy (non-hydrogen) atoms. The predicted molar refractivity (Wildman–Crippen MR) is 142 cm³/mol. The standard InChI is InChI=1S/C25H37N3O3.HI/c1-4-29-16-17-30-20-23-11-8-10-22(18-23)19-28-25(26-3)27-14-9-15-31-21(2)24-12-6-5-7-13-24;/h5-8,10-13,18,21H,4,9,14-17,19-20H2,1-3H3,(H2,26,27,28);1H. The maximum absolute atomic E-state index is 5.92. The van der Waals surface area contributed by atoms with Crippen LogP contribution >= 0.6 is 24.0 Å². The van der Waals surface area contributed by atoms with E-state index in [0.717, 1.165) is 31.1 Å². The summed E-state index contributed by atoms with van der Waals surface area (Å²) in [7, 11) is 1.78. The highest BCUT2D eigenvalue weighted by Crippen LogP contribution is 2.15. The van der Waals surface area contributed by atoms with Gasteiger partial charge < -0.3 is 24.8 Å². The highest BCUT2D eigenvalue weighted by atomic mass is 127. The van der Waals surface area contributed by atoms with Gasteiger partial charge >= 0.3 is 0 Å². The number of benzene rings is 2. The van der Waals surface area contributed by atoms with E-state index in [9.17, 15) is 0 Å². The summed E-state index contributed by atoms with van der Waals surface area (Å²) >= 11 is 0. The molecule has 6 nitrogen and oxygen atoms in total. The first-order valence-electron chi connectivity index (χ1n) is 11.1. The van der Waals surface area contributed by atoms with Gasteiger partial charge in [0.1, 0.15) is 0 Å². The number of ether oxygens (including phenoxy) is 3. The fraction of sp³-hybridized carbons (Fsp3) is 0.480. The van der Waals surface area contributed by atoms with Gasteiger partial charge in [-0.15, -0.1) is 24.0 Å². The van der Waals surface area contributed by atoms with Gasteiger partial charge in [-0.05, 0) is 37.0 Å². The van der Waals surface area contributed by atoms with Crippen molar-refractivity contribution in [1.29, 1.82) is 0 Å². The first kappa shape index (κ1) is 28.4. The quantitative estimate of drug-likeness (QED) is 0.153. The van der Waals surface area contributed by atoms with Gasteiger partial charge in [0.15, 0.2) is 5.96 Å². The second kappa shape index (κ2) is 17.8. The molecule has 2 aromatic carbocycles. The molecule has 178 valence electrons. The van der Waals surface area contributed by atoms with Crippen molar-refractivity contribution in [2.45, 2.75) is 39.5 Å². The van der Waals surface area contributed by atoms with E-state index in [2.05, 4.69) is 58.9 Å². The molecule has 0 radical (unpaired) electrons. The molecular formula is C25H38IN3O3. The van der Waals surface area contributed by atoms with Gasteiger partial charge in [-0.2, -0.15) is 0 Å². The monoisotopic (exact) mass is 555 g/mol. The van der Waals surface area contributed by atoms with Gasteiger partial charge in [0.2, 0.25) is 0 Å². The zero-order chi connectivity index (χ0) is 22.2. The van der Waals surface area contributed by atoms with Crippen LogP contribution in [0.15, 0.2) is 59.6 Å². The highest BCUT2D eigenvalue weighted by Gasteiger charge is 2.05. The summed E-state index contributed by atoms with van der Waals surface area (Å²) in [6.07, 6.45) is 1.01. The van der Waals surface area contributed by atoms with Crippen molar-refractivity contribution in [2.24, 2.45) is 4.99 Å². The van der Waals surface area contributed by atoms with Gasteiger partial charge in [-0.3, -0.25) is 4.99 Å². The van der Waals surface area contributed by atoms with E-state index in [1.807, 2.05) is 25.1 Å². The van der Waals surface area contributed by atoms with Crippen LogP contribution < -0.4 is 10.6 Å². The van der Waals surface area contributed by atoms with Crippen molar-refractivity contribution in [3.8, 4) is 0 Å². The van der Waals surface area contributed by atoms with Crippen LogP contribution in [0, 0.1) is 0 Å². The number of hydrogen-bond donors (Lipinski definition) is 2. The van der Waals surface area contributed by atoms with Crippen LogP contribution in [-0.2, 0) is 27.4 Å². The van der Waals surface area contributed by atoms with Gasteiger partial charge in [-0.1, -0.05) is 54.6 Å². The maximum Gasteiger partial charge on any atom is 0.191 e. The maximum atomic E-state index is 5.92. The van der Waals surface area contributed by atoms with E-state index in [-0.39, 0.29) is 30.1 Å². The van der Waals surface area contributed by atoms with Gasteiger partial charge in [0.25, 0.3) is 0 Å². The minimum Gasteiger partial charge on any atom is -0.379 e. The van der Waals surface area contributed by atoms with Crippen molar-refractivity contribution in [1.82, 2.24) is 10.6 Å². The van der Waals surface area contributed by atoms with Gasteiger partial charge in [0.05, 0.1) is 25.9 Å². The van der Waals surface area contributed by atoms with Gasteiger partial charge in [-0.25, -0.2) is 0 Å². The number of hydrogen-bond acceptors (Lipinski definition) is 4. The predicted octanol–water partition coefficient (Wildman–Crippen LogP) is 4.69. The Morgan fingerprint density at radius 3 is 2.44 bits per heavy atom. The molecule has 1 atom stereocenters. The molecule has 7 heteroatoms. The topological polar surface area (TPSA) is 64.1 Å². The van der Waals surface area contributed by atoms with Crippen molar-refractivity contribution in [3.63, 3.8) is 0 Å². The summed E-state index contributed by atoms with van der Waals surface area (Å²) in [5, 5.41) is 6.70. The lowest BCUT2D eigenvalue weighted by molar-refractivity contribution is 0.0453. The number of rotatable bonds is 14. The van der Waals surface area contributed by atoms with Crippen molar-refractivity contribution < 1.29 is 14.2 Å². The Kier molecular flexibility index (Phi) is 15.8. The molecule has 2 rings (SSSR count). The molecule has 0 aliphatic rings. The number of nitrogens with zero attached hydrogens (tertiary/aromatic N) is 1. The molecule has 0 saturated heterocycles. The van der Waals surface area contributed by atoms with E-state index >= 15 is 0 Å². The molecular weight excluding hydrogens is 517 g/mol. The lowest BCUT2D eigenvalue weighted by atomic mass is 10.1. The summed E-state index contributed by atoms with van der Waals surface area (Å²) in [6, 6.07) is 18.7. The smallest absolute Gasteiger partial charge is 0.191 e. The average molecular weight is 556 g/mol. The van der Waals surface area contributed by atoms with Crippen LogP contribution in [0.1, 0.15) is 43.1 Å². The minimum absolute atomic E-state index is 0. The SMILES string of the molecule is CCOCCOCc1cccc(CNC(=NC)NCCCOC(C)c2ccccc2)c1.I. The Hall–Kier alpha value is -1.68. The third-order valence-electron chi connectivity index (χ3n) is 4.77. The number of aliphatic imine (C=N–C) groups is 1. The second-order valence-corrected chi connectivity index (χ2v) is 7.20. The molecule has 0 spiro atoms. The van der Waals surface area contributed by atoms with Crippen LogP contribution in [0.3, 0.4) is 0 Å². The molecule has 0 aliphatic carbocycles. The lowest BCUT2D eigenvalue weighted by Gasteiger charge is -2.15. The van der Waals surface area contributed by atoms with Crippen LogP contribution in [-0.4, -0.2) is 46.0 Å². The molecule has 0 amide bonds. The summed E-state index contributed by atoms with van der Waals surface area (Å²) in [4.78, 5) is 4.30. The fourth-order valence-electron chi connectivity index (χ4n) is 3.05. The van der Waals surface area contributed by atoms with Crippen LogP contribution in [0.4, 0.5) is 0 Å². The normalized spacial score (nSPS) is 12.2. The summed E-state index contributed by atoms with van der Waals surface area (Å²) < 4.78 is 16.9. The second-order valence-electron chi connectivity index (χ2n) is 7.20. The molecule has 2 aromatic rings. The minimum atomic E-state index is 0. The van der Waals surface area contributed by atoms with E-state index in [4.69, 9.17) is 14.2 Å². The van der Waals surface area contributed by atoms with E-state index < -0.39 is 0 Å². The van der Waals surface area contributed by atoms with Crippen molar-refractivity contribution in [3.05, 3.63) is 71.3 Å². The van der Waals surface area contributed by atoms with E-state index in [1.54, 1.807) is 7.05 Å². The van der Waals surface area contributed by atoms with Crippen LogP contribution in [0.25, 0.3) is 0 Å². The molecule has 0 aromatic heterocycles. The first-order chi connectivity index (χ1) is 15.2. The van der Waals surface area contributed by atoms with E-state index in [0.29, 0.717) is 33.0 Å². The Morgan fingerprint density at radius 1 is 0.938 bits per heavy atom. The Bertz CT molecular complexity index is 759. The molecule has 2 N–H and O–H groups in total. The molecule has 0 heterocycles. The molecule has 1 unspecified atom stereocenters. The number of guanidine groups is 1. The first-order valence-corrected chi connectivity index (χ1v) is 11.1. The zero-order valence-electron chi connectivity index (χ0n) is 19.5. The van der Waals surface area contributed by atoms with Crippen LogP contribution in [0.5, 0.6) is 0 Å². The molecule has 0 fully saturated rings. The van der Waals surface area contributed by atoms with Crippen molar-refractivity contribution >= 4 is 29.9 Å².